The maximum Gasteiger partial charge on any atom is 0.233 e. The fourth-order valence-electron chi connectivity index (χ4n) is 2.53. The summed E-state index contributed by atoms with van der Waals surface area (Å²) in [6.45, 7) is 9.48. The molecule has 1 aromatic rings. The van der Waals surface area contributed by atoms with Crippen molar-refractivity contribution in [3.8, 4) is 0 Å². The maximum absolute atomic E-state index is 12.3. The van der Waals surface area contributed by atoms with Crippen LogP contribution in [0.15, 0.2) is 18.2 Å². The van der Waals surface area contributed by atoms with Crippen LogP contribution in [0.25, 0.3) is 0 Å². The van der Waals surface area contributed by atoms with Crippen molar-refractivity contribution in [2.45, 2.75) is 52.4 Å². The molecule has 0 saturated carbocycles. The molecule has 1 aromatic carbocycles. The average molecular weight is 334 g/mol. The number of nitrogens with one attached hydrogen (secondary N) is 2. The van der Waals surface area contributed by atoms with E-state index in [4.69, 9.17) is 4.74 Å². The average Bonchev–Trinajstić information content (AvgIpc) is 2.51. The lowest BCUT2D eigenvalue weighted by atomic mass is 9.92. The van der Waals surface area contributed by atoms with Crippen LogP contribution < -0.4 is 10.6 Å². The summed E-state index contributed by atoms with van der Waals surface area (Å²) in [4.78, 5) is 24.1. The predicted molar refractivity (Wildman–Crippen MR) is 97.4 cm³/mol. The van der Waals surface area contributed by atoms with E-state index in [1.54, 1.807) is 7.11 Å². The zero-order valence-corrected chi connectivity index (χ0v) is 15.4. The second-order valence-electron chi connectivity index (χ2n) is 6.54. The van der Waals surface area contributed by atoms with E-state index in [2.05, 4.69) is 38.3 Å². The number of hydrogen-bond acceptors (Lipinski definition) is 3. The Hall–Kier alpha value is -1.88. The van der Waals surface area contributed by atoms with E-state index in [9.17, 15) is 9.59 Å². The molecule has 5 heteroatoms. The Morgan fingerprint density at radius 3 is 2.12 bits per heavy atom. The second kappa shape index (κ2) is 10.1. The van der Waals surface area contributed by atoms with Crippen LogP contribution >= 0.6 is 0 Å². The van der Waals surface area contributed by atoms with Gasteiger partial charge in [-0.2, -0.15) is 0 Å². The molecule has 0 atom stereocenters. The Bertz CT molecular complexity index is 527. The van der Waals surface area contributed by atoms with Gasteiger partial charge < -0.3 is 15.4 Å². The molecule has 0 radical (unpaired) electrons. The minimum absolute atomic E-state index is 0.170. The van der Waals surface area contributed by atoms with E-state index in [1.165, 1.54) is 0 Å². The fraction of sp³-hybridized carbons (Fsp3) is 0.579. The molecule has 0 spiro atoms. The molecule has 134 valence electrons. The summed E-state index contributed by atoms with van der Waals surface area (Å²) in [6, 6.07) is 6.07. The predicted octanol–water partition coefficient (Wildman–Crippen LogP) is 3.41. The molecule has 0 bridgehead atoms. The fourth-order valence-corrected chi connectivity index (χ4v) is 2.53. The van der Waals surface area contributed by atoms with Gasteiger partial charge in [-0.3, -0.25) is 9.59 Å². The Labute approximate surface area is 145 Å². The van der Waals surface area contributed by atoms with Crippen molar-refractivity contribution < 1.29 is 14.3 Å². The highest BCUT2D eigenvalue weighted by Gasteiger charge is 2.17. The number of amides is 2. The van der Waals surface area contributed by atoms with Crippen LogP contribution in [0.4, 0.5) is 5.69 Å². The van der Waals surface area contributed by atoms with E-state index in [1.807, 2.05) is 18.2 Å². The first-order valence-electron chi connectivity index (χ1n) is 8.55. The largest absolute Gasteiger partial charge is 0.385 e. The maximum atomic E-state index is 12.3. The van der Waals surface area contributed by atoms with Crippen LogP contribution in [0.5, 0.6) is 0 Å². The Morgan fingerprint density at radius 1 is 1.04 bits per heavy atom. The minimum Gasteiger partial charge on any atom is -0.385 e. The Balaban J connectivity index is 2.74. The topological polar surface area (TPSA) is 67.4 Å². The number of hydrogen-bond donors (Lipinski definition) is 2. The third-order valence-electron chi connectivity index (χ3n) is 3.81. The van der Waals surface area contributed by atoms with Crippen LogP contribution in [-0.2, 0) is 14.3 Å². The minimum atomic E-state index is -0.283. The number of rotatable bonds is 9. The molecule has 0 unspecified atom stereocenters. The SMILES string of the molecule is COCCCNC(=O)CC(=O)Nc1c(C(C)C)cccc1C(C)C. The van der Waals surface area contributed by atoms with Gasteiger partial charge in [0, 0.05) is 25.9 Å². The first-order chi connectivity index (χ1) is 11.4. The summed E-state index contributed by atoms with van der Waals surface area (Å²) in [6.07, 6.45) is 0.564. The Kier molecular flexibility index (Phi) is 8.47. The monoisotopic (exact) mass is 334 g/mol. The Morgan fingerprint density at radius 2 is 1.62 bits per heavy atom. The van der Waals surface area contributed by atoms with Gasteiger partial charge in [0.05, 0.1) is 0 Å². The number of methoxy groups -OCH3 is 1. The quantitative estimate of drug-likeness (QED) is 0.537. The molecule has 0 saturated heterocycles. The van der Waals surface area contributed by atoms with Crippen molar-refractivity contribution >= 4 is 17.5 Å². The molecular weight excluding hydrogens is 304 g/mol. The lowest BCUT2D eigenvalue weighted by Crippen LogP contribution is -2.29. The summed E-state index contributed by atoms with van der Waals surface area (Å²) in [5.74, 6) is 0.0368. The highest BCUT2D eigenvalue weighted by atomic mass is 16.5. The van der Waals surface area contributed by atoms with Gasteiger partial charge in [0.2, 0.25) is 11.8 Å². The second-order valence-corrected chi connectivity index (χ2v) is 6.54. The molecule has 2 amide bonds. The number of anilines is 1. The molecule has 0 aromatic heterocycles. The van der Waals surface area contributed by atoms with Crippen molar-refractivity contribution in [2.24, 2.45) is 0 Å². The molecule has 0 heterocycles. The zero-order chi connectivity index (χ0) is 18.1. The van der Waals surface area contributed by atoms with Gasteiger partial charge in [-0.1, -0.05) is 45.9 Å². The van der Waals surface area contributed by atoms with Gasteiger partial charge in [0.1, 0.15) is 6.42 Å². The number of carbonyl (C=O) groups is 2. The molecule has 0 fully saturated rings. The first kappa shape index (κ1) is 20.2. The van der Waals surface area contributed by atoms with Gasteiger partial charge in [0.15, 0.2) is 0 Å². The third-order valence-corrected chi connectivity index (χ3v) is 3.81. The van der Waals surface area contributed by atoms with Crippen molar-refractivity contribution in [3.05, 3.63) is 29.3 Å². The van der Waals surface area contributed by atoms with E-state index < -0.39 is 0 Å². The van der Waals surface area contributed by atoms with Crippen molar-refractivity contribution in [3.63, 3.8) is 0 Å². The molecular formula is C19H30N2O3. The van der Waals surface area contributed by atoms with Crippen LogP contribution in [0.3, 0.4) is 0 Å². The van der Waals surface area contributed by atoms with Crippen LogP contribution in [0.1, 0.15) is 63.5 Å². The molecule has 0 aliphatic heterocycles. The third kappa shape index (κ3) is 6.32. The number of benzene rings is 1. The summed E-state index contributed by atoms with van der Waals surface area (Å²) in [5.41, 5.74) is 3.03. The van der Waals surface area contributed by atoms with Crippen molar-refractivity contribution in [1.29, 1.82) is 0 Å². The molecule has 2 N–H and O–H groups in total. The normalized spacial score (nSPS) is 11.0. The zero-order valence-electron chi connectivity index (χ0n) is 15.4. The standard InChI is InChI=1S/C19H30N2O3/c1-13(2)15-8-6-9-16(14(3)4)19(15)21-18(23)12-17(22)20-10-7-11-24-5/h6,8-9,13-14H,7,10-12H2,1-5H3,(H,20,22)(H,21,23). The van der Waals surface area contributed by atoms with E-state index >= 15 is 0 Å². The number of ether oxygens (including phenoxy) is 1. The lowest BCUT2D eigenvalue weighted by Gasteiger charge is -2.20. The molecule has 0 aliphatic carbocycles. The number of para-hydroxylation sites is 1. The summed E-state index contributed by atoms with van der Waals surface area (Å²) < 4.78 is 4.92. The van der Waals surface area contributed by atoms with Crippen LogP contribution in [0.2, 0.25) is 0 Å². The van der Waals surface area contributed by atoms with E-state index in [-0.39, 0.29) is 18.2 Å². The van der Waals surface area contributed by atoms with Crippen LogP contribution in [0, 0.1) is 0 Å². The highest BCUT2D eigenvalue weighted by molar-refractivity contribution is 6.04. The lowest BCUT2D eigenvalue weighted by molar-refractivity contribution is -0.126. The van der Waals surface area contributed by atoms with Gasteiger partial charge >= 0.3 is 0 Å². The highest BCUT2D eigenvalue weighted by Crippen LogP contribution is 2.32. The number of carbonyl (C=O) groups excluding carboxylic acids is 2. The summed E-state index contributed by atoms with van der Waals surface area (Å²) in [5, 5.41) is 5.68. The first-order valence-corrected chi connectivity index (χ1v) is 8.55. The van der Waals surface area contributed by atoms with Gasteiger partial charge in [0.25, 0.3) is 0 Å². The van der Waals surface area contributed by atoms with E-state index in [0.717, 1.165) is 23.2 Å². The van der Waals surface area contributed by atoms with Gasteiger partial charge in [-0.25, -0.2) is 0 Å². The summed E-state index contributed by atoms with van der Waals surface area (Å²) >= 11 is 0. The summed E-state index contributed by atoms with van der Waals surface area (Å²) in [7, 11) is 1.62. The van der Waals surface area contributed by atoms with Gasteiger partial charge in [-0.15, -0.1) is 0 Å². The molecule has 1 rings (SSSR count). The molecule has 5 nitrogen and oxygen atoms in total. The molecule has 0 aliphatic rings. The smallest absolute Gasteiger partial charge is 0.233 e. The van der Waals surface area contributed by atoms with Crippen LogP contribution in [-0.4, -0.2) is 32.1 Å². The van der Waals surface area contributed by atoms with E-state index in [0.29, 0.717) is 25.0 Å². The van der Waals surface area contributed by atoms with Gasteiger partial charge in [-0.05, 0) is 29.4 Å². The van der Waals surface area contributed by atoms with Crippen molar-refractivity contribution in [1.82, 2.24) is 5.32 Å². The molecule has 24 heavy (non-hydrogen) atoms. The van der Waals surface area contributed by atoms with Crippen molar-refractivity contribution in [2.75, 3.05) is 25.6 Å².